The van der Waals surface area contributed by atoms with Crippen molar-refractivity contribution >= 4 is 33.4 Å². The molecule has 0 radical (unpaired) electrons. The molecule has 0 spiro atoms. The first-order chi connectivity index (χ1) is 13.6. The van der Waals surface area contributed by atoms with Gasteiger partial charge in [0.05, 0.1) is 6.61 Å². The maximum Gasteiger partial charge on any atom is 0.254 e. The fourth-order valence-corrected chi connectivity index (χ4v) is 3.41. The predicted octanol–water partition coefficient (Wildman–Crippen LogP) is 3.72. The minimum atomic E-state index is -0.464. The second kappa shape index (κ2) is 9.71. The fraction of sp³-hybridized carbons (Fsp3) is 0.333. The molecule has 1 aliphatic heterocycles. The molecule has 1 heterocycles. The van der Waals surface area contributed by atoms with Crippen molar-refractivity contribution in [3.63, 3.8) is 0 Å². The van der Waals surface area contributed by atoms with Gasteiger partial charge in [-0.25, -0.2) is 0 Å². The summed E-state index contributed by atoms with van der Waals surface area (Å²) in [5, 5.41) is 2.90. The van der Waals surface area contributed by atoms with Crippen molar-refractivity contribution in [2.75, 3.05) is 32.2 Å². The number of nitrogens with one attached hydrogen (secondary N) is 1. The molecule has 1 unspecified atom stereocenters. The molecule has 2 aromatic rings. The van der Waals surface area contributed by atoms with E-state index in [0.717, 1.165) is 10.9 Å². The Bertz CT molecular complexity index is 808. The van der Waals surface area contributed by atoms with E-state index in [2.05, 4.69) is 21.2 Å². The van der Waals surface area contributed by atoms with Crippen molar-refractivity contribution in [2.45, 2.75) is 18.9 Å². The summed E-state index contributed by atoms with van der Waals surface area (Å²) >= 11 is 3.37. The van der Waals surface area contributed by atoms with Gasteiger partial charge in [-0.2, -0.15) is 0 Å². The zero-order chi connectivity index (χ0) is 19.9. The third kappa shape index (κ3) is 5.11. The number of amides is 2. The van der Waals surface area contributed by atoms with E-state index in [1.807, 2.05) is 12.1 Å². The summed E-state index contributed by atoms with van der Waals surface area (Å²) in [6.07, 6.45) is 1.47. The van der Waals surface area contributed by atoms with Gasteiger partial charge >= 0.3 is 0 Å². The first kappa shape index (κ1) is 20.4. The number of carbonyl (C=O) groups is 2. The number of halogens is 1. The molecule has 1 atom stereocenters. The number of benzene rings is 2. The number of anilines is 1. The van der Waals surface area contributed by atoms with E-state index >= 15 is 0 Å². The molecule has 2 amide bonds. The highest BCUT2D eigenvalue weighted by Crippen LogP contribution is 2.23. The molecule has 0 bridgehead atoms. The number of hydrogen-bond acceptors (Lipinski definition) is 4. The van der Waals surface area contributed by atoms with Gasteiger partial charge < -0.3 is 19.7 Å². The van der Waals surface area contributed by atoms with E-state index in [1.165, 1.54) is 0 Å². The van der Waals surface area contributed by atoms with Crippen LogP contribution >= 0.6 is 15.9 Å². The lowest BCUT2D eigenvalue weighted by atomic mass is 10.1. The van der Waals surface area contributed by atoms with Crippen LogP contribution in [0.3, 0.4) is 0 Å². The van der Waals surface area contributed by atoms with E-state index < -0.39 is 6.04 Å². The molecular formula is C21H23BrN2O4. The Balaban J connectivity index is 1.61. The molecule has 148 valence electrons. The third-order valence-corrected chi connectivity index (χ3v) is 5.11. The van der Waals surface area contributed by atoms with Crippen LogP contribution in [0.5, 0.6) is 5.75 Å². The Morgan fingerprint density at radius 1 is 1.11 bits per heavy atom. The van der Waals surface area contributed by atoms with E-state index in [1.54, 1.807) is 48.4 Å². The molecule has 0 saturated carbocycles. The Kier molecular flexibility index (Phi) is 7.06. The number of methoxy groups -OCH3 is 1. The molecule has 3 rings (SSSR count). The predicted molar refractivity (Wildman–Crippen MR) is 111 cm³/mol. The van der Waals surface area contributed by atoms with Gasteiger partial charge in [0.2, 0.25) is 5.91 Å². The van der Waals surface area contributed by atoms with E-state index in [0.29, 0.717) is 43.2 Å². The number of hydrogen-bond donors (Lipinski definition) is 1. The second-order valence-corrected chi connectivity index (χ2v) is 7.43. The average Bonchev–Trinajstić information content (AvgIpc) is 3.19. The summed E-state index contributed by atoms with van der Waals surface area (Å²) in [6, 6.07) is 13.9. The number of likely N-dealkylation sites (tertiary alicyclic amines) is 1. The quantitative estimate of drug-likeness (QED) is 0.658. The summed E-state index contributed by atoms with van der Waals surface area (Å²) < 4.78 is 11.4. The summed E-state index contributed by atoms with van der Waals surface area (Å²) in [4.78, 5) is 27.2. The molecule has 2 aromatic carbocycles. The van der Waals surface area contributed by atoms with Crippen LogP contribution in [0.4, 0.5) is 5.69 Å². The van der Waals surface area contributed by atoms with Crippen molar-refractivity contribution in [1.29, 1.82) is 0 Å². The van der Waals surface area contributed by atoms with Crippen LogP contribution in [-0.4, -0.2) is 49.6 Å². The topological polar surface area (TPSA) is 67.9 Å². The largest absolute Gasteiger partial charge is 0.491 e. The van der Waals surface area contributed by atoms with Crippen LogP contribution in [0.2, 0.25) is 0 Å². The summed E-state index contributed by atoms with van der Waals surface area (Å²) in [6.45, 7) is 1.57. The van der Waals surface area contributed by atoms with Crippen LogP contribution in [0.25, 0.3) is 0 Å². The van der Waals surface area contributed by atoms with Crippen LogP contribution in [0.15, 0.2) is 53.0 Å². The van der Waals surface area contributed by atoms with Gasteiger partial charge in [-0.05, 0) is 61.4 Å². The first-order valence-electron chi connectivity index (χ1n) is 9.17. The Labute approximate surface area is 172 Å². The first-order valence-corrected chi connectivity index (χ1v) is 9.97. The highest BCUT2D eigenvalue weighted by molar-refractivity contribution is 9.10. The molecule has 1 saturated heterocycles. The molecule has 1 N–H and O–H groups in total. The van der Waals surface area contributed by atoms with Gasteiger partial charge in [0.15, 0.2) is 0 Å². The molecule has 6 nitrogen and oxygen atoms in total. The van der Waals surface area contributed by atoms with E-state index in [4.69, 9.17) is 9.47 Å². The zero-order valence-electron chi connectivity index (χ0n) is 15.7. The van der Waals surface area contributed by atoms with Gasteiger partial charge in [-0.1, -0.05) is 15.9 Å². The number of nitrogens with zero attached hydrogens (tertiary/aromatic N) is 1. The van der Waals surface area contributed by atoms with Crippen molar-refractivity contribution in [3.05, 3.63) is 58.6 Å². The molecule has 28 heavy (non-hydrogen) atoms. The van der Waals surface area contributed by atoms with Crippen molar-refractivity contribution < 1.29 is 19.1 Å². The Hall–Kier alpha value is -2.38. The van der Waals surface area contributed by atoms with Gasteiger partial charge in [-0.3, -0.25) is 9.59 Å². The van der Waals surface area contributed by atoms with Crippen LogP contribution in [0.1, 0.15) is 23.2 Å². The van der Waals surface area contributed by atoms with Gasteiger partial charge in [-0.15, -0.1) is 0 Å². The average molecular weight is 447 g/mol. The Morgan fingerprint density at radius 3 is 2.50 bits per heavy atom. The lowest BCUT2D eigenvalue weighted by Crippen LogP contribution is -2.43. The van der Waals surface area contributed by atoms with Crippen molar-refractivity contribution in [1.82, 2.24) is 4.90 Å². The normalized spacial score (nSPS) is 16.1. The number of rotatable bonds is 7. The lowest BCUT2D eigenvalue weighted by molar-refractivity contribution is -0.119. The van der Waals surface area contributed by atoms with Crippen LogP contribution in [-0.2, 0) is 9.53 Å². The van der Waals surface area contributed by atoms with Crippen molar-refractivity contribution in [3.8, 4) is 5.75 Å². The van der Waals surface area contributed by atoms with E-state index in [9.17, 15) is 9.59 Å². The van der Waals surface area contributed by atoms with Gasteiger partial charge in [0.25, 0.3) is 5.91 Å². The summed E-state index contributed by atoms with van der Waals surface area (Å²) in [5.41, 5.74) is 1.26. The SMILES string of the molecule is COCCOc1ccc(NC(=O)C2CCCN2C(=O)c2ccc(Br)cc2)cc1. The summed E-state index contributed by atoms with van der Waals surface area (Å²) in [7, 11) is 1.62. The van der Waals surface area contributed by atoms with Gasteiger partial charge in [0, 0.05) is 29.4 Å². The monoisotopic (exact) mass is 446 g/mol. The third-order valence-electron chi connectivity index (χ3n) is 4.59. The standard InChI is InChI=1S/C21H23BrN2O4/c1-27-13-14-28-18-10-8-17(9-11-18)23-20(25)19-3-2-12-24(19)21(26)15-4-6-16(22)7-5-15/h4-11,19H,2-3,12-14H2,1H3,(H,23,25). The molecule has 0 aromatic heterocycles. The van der Waals surface area contributed by atoms with Gasteiger partial charge in [0.1, 0.15) is 18.4 Å². The molecule has 0 aliphatic carbocycles. The number of carbonyl (C=O) groups excluding carboxylic acids is 2. The molecule has 1 fully saturated rings. The zero-order valence-corrected chi connectivity index (χ0v) is 17.3. The maximum atomic E-state index is 12.8. The van der Waals surface area contributed by atoms with Crippen molar-refractivity contribution in [2.24, 2.45) is 0 Å². The lowest BCUT2D eigenvalue weighted by Gasteiger charge is -2.24. The smallest absolute Gasteiger partial charge is 0.254 e. The minimum absolute atomic E-state index is 0.118. The molecular weight excluding hydrogens is 424 g/mol. The highest BCUT2D eigenvalue weighted by Gasteiger charge is 2.34. The Morgan fingerprint density at radius 2 is 1.82 bits per heavy atom. The molecule has 7 heteroatoms. The highest BCUT2D eigenvalue weighted by atomic mass is 79.9. The molecule has 1 aliphatic rings. The fourth-order valence-electron chi connectivity index (χ4n) is 3.14. The van der Waals surface area contributed by atoms with E-state index in [-0.39, 0.29) is 11.8 Å². The van der Waals surface area contributed by atoms with Crippen LogP contribution < -0.4 is 10.1 Å². The second-order valence-electron chi connectivity index (χ2n) is 6.52. The number of ether oxygens (including phenoxy) is 2. The minimum Gasteiger partial charge on any atom is -0.491 e. The van der Waals surface area contributed by atoms with Crippen LogP contribution in [0, 0.1) is 0 Å². The maximum absolute atomic E-state index is 12.8. The summed E-state index contributed by atoms with van der Waals surface area (Å²) in [5.74, 6) is 0.422.